The van der Waals surface area contributed by atoms with Gasteiger partial charge in [-0.3, -0.25) is 4.99 Å². The van der Waals surface area contributed by atoms with Crippen LogP contribution in [0.2, 0.25) is 0 Å². The standard InChI is InChI=1S/C18H29N5.HI/c1-4-6-14-23(3)18(19-5-2)20-13-9-12-17-21-15-10-7-8-11-16(15)22-17;/h7-8,10-11H,4-6,9,12-14H2,1-3H3,(H,19,20)(H,21,22);1H. The summed E-state index contributed by atoms with van der Waals surface area (Å²) in [5.41, 5.74) is 2.15. The maximum atomic E-state index is 4.73. The Hall–Kier alpha value is -1.31. The van der Waals surface area contributed by atoms with Crippen LogP contribution in [0.4, 0.5) is 0 Å². The first-order chi connectivity index (χ1) is 11.2. The summed E-state index contributed by atoms with van der Waals surface area (Å²) in [6.45, 7) is 7.09. The second kappa shape index (κ2) is 11.3. The topological polar surface area (TPSA) is 56.3 Å². The van der Waals surface area contributed by atoms with E-state index in [-0.39, 0.29) is 24.0 Å². The van der Waals surface area contributed by atoms with Gasteiger partial charge in [-0.15, -0.1) is 24.0 Å². The molecule has 0 atom stereocenters. The fourth-order valence-corrected chi connectivity index (χ4v) is 2.53. The summed E-state index contributed by atoms with van der Waals surface area (Å²) in [4.78, 5) is 14.9. The third-order valence-corrected chi connectivity index (χ3v) is 3.82. The van der Waals surface area contributed by atoms with Gasteiger partial charge in [0.1, 0.15) is 5.82 Å². The van der Waals surface area contributed by atoms with Crippen molar-refractivity contribution in [3.63, 3.8) is 0 Å². The molecule has 0 bridgehead atoms. The molecule has 1 aromatic carbocycles. The maximum absolute atomic E-state index is 4.73. The molecule has 5 nitrogen and oxygen atoms in total. The minimum absolute atomic E-state index is 0. The Kier molecular flexibility index (Phi) is 9.75. The van der Waals surface area contributed by atoms with E-state index in [2.05, 4.69) is 47.1 Å². The second-order valence-electron chi connectivity index (χ2n) is 5.81. The van der Waals surface area contributed by atoms with Gasteiger partial charge in [-0.2, -0.15) is 0 Å². The lowest BCUT2D eigenvalue weighted by atomic mass is 10.3. The van der Waals surface area contributed by atoms with Crippen LogP contribution >= 0.6 is 24.0 Å². The number of aryl methyl sites for hydroxylation is 1. The number of aromatic nitrogens is 2. The summed E-state index contributed by atoms with van der Waals surface area (Å²) in [5, 5.41) is 3.36. The highest BCUT2D eigenvalue weighted by Crippen LogP contribution is 2.11. The number of fused-ring (bicyclic) bond motifs is 1. The molecule has 0 unspecified atom stereocenters. The number of hydrogen-bond acceptors (Lipinski definition) is 2. The molecule has 0 amide bonds. The summed E-state index contributed by atoms with van der Waals surface area (Å²) < 4.78 is 0. The molecule has 0 aliphatic rings. The summed E-state index contributed by atoms with van der Waals surface area (Å²) in [6.07, 6.45) is 4.32. The monoisotopic (exact) mass is 443 g/mol. The predicted octanol–water partition coefficient (Wildman–Crippen LogP) is 3.81. The first-order valence-electron chi connectivity index (χ1n) is 8.67. The molecular formula is C18H30IN5. The first-order valence-corrected chi connectivity index (χ1v) is 8.67. The molecule has 1 heterocycles. The number of aliphatic imine (C=N–C) groups is 1. The average Bonchev–Trinajstić information content (AvgIpc) is 2.98. The van der Waals surface area contributed by atoms with Crippen LogP contribution in [-0.4, -0.2) is 47.5 Å². The number of benzene rings is 1. The molecule has 6 heteroatoms. The average molecular weight is 443 g/mol. The van der Waals surface area contributed by atoms with Gasteiger partial charge in [-0.05, 0) is 31.9 Å². The highest BCUT2D eigenvalue weighted by molar-refractivity contribution is 14.0. The third kappa shape index (κ3) is 6.30. The summed E-state index contributed by atoms with van der Waals surface area (Å²) in [6, 6.07) is 8.16. The molecule has 2 aromatic rings. The minimum Gasteiger partial charge on any atom is -0.357 e. The highest BCUT2D eigenvalue weighted by Gasteiger charge is 2.05. The van der Waals surface area contributed by atoms with E-state index in [1.807, 2.05) is 18.2 Å². The Morgan fingerprint density at radius 2 is 2.04 bits per heavy atom. The van der Waals surface area contributed by atoms with Crippen LogP contribution in [0, 0.1) is 0 Å². The van der Waals surface area contributed by atoms with Crippen LogP contribution in [-0.2, 0) is 6.42 Å². The summed E-state index contributed by atoms with van der Waals surface area (Å²) in [5.74, 6) is 2.05. The van der Waals surface area contributed by atoms with Crippen LogP contribution in [0.3, 0.4) is 0 Å². The molecule has 0 spiro atoms. The molecule has 134 valence electrons. The van der Waals surface area contributed by atoms with Crippen LogP contribution in [0.25, 0.3) is 11.0 Å². The van der Waals surface area contributed by atoms with E-state index in [1.54, 1.807) is 0 Å². The molecule has 0 aliphatic carbocycles. The van der Waals surface area contributed by atoms with Crippen molar-refractivity contribution in [2.24, 2.45) is 4.99 Å². The Bertz CT molecular complexity index is 590. The van der Waals surface area contributed by atoms with E-state index in [4.69, 9.17) is 4.99 Å². The third-order valence-electron chi connectivity index (χ3n) is 3.82. The molecular weight excluding hydrogens is 413 g/mol. The van der Waals surface area contributed by atoms with Gasteiger partial charge in [0, 0.05) is 33.1 Å². The van der Waals surface area contributed by atoms with Gasteiger partial charge < -0.3 is 15.2 Å². The normalized spacial score (nSPS) is 11.4. The number of guanidine groups is 1. The lowest BCUT2D eigenvalue weighted by molar-refractivity contribution is 0.464. The Morgan fingerprint density at radius 3 is 2.75 bits per heavy atom. The number of unbranched alkanes of at least 4 members (excludes halogenated alkanes) is 1. The largest absolute Gasteiger partial charge is 0.357 e. The highest BCUT2D eigenvalue weighted by atomic mass is 127. The Balaban J connectivity index is 0.00000288. The number of hydrogen-bond donors (Lipinski definition) is 2. The lowest BCUT2D eigenvalue weighted by Crippen LogP contribution is -2.39. The van der Waals surface area contributed by atoms with Crippen molar-refractivity contribution in [2.75, 3.05) is 26.7 Å². The predicted molar refractivity (Wildman–Crippen MR) is 113 cm³/mol. The van der Waals surface area contributed by atoms with Gasteiger partial charge in [-0.25, -0.2) is 4.98 Å². The molecule has 0 saturated heterocycles. The number of aromatic amines is 1. The van der Waals surface area contributed by atoms with Crippen molar-refractivity contribution >= 4 is 41.0 Å². The number of nitrogens with zero attached hydrogens (tertiary/aromatic N) is 3. The molecule has 2 rings (SSSR count). The van der Waals surface area contributed by atoms with Crippen molar-refractivity contribution < 1.29 is 0 Å². The lowest BCUT2D eigenvalue weighted by Gasteiger charge is -2.21. The number of nitrogens with one attached hydrogen (secondary N) is 2. The van der Waals surface area contributed by atoms with Gasteiger partial charge >= 0.3 is 0 Å². The van der Waals surface area contributed by atoms with Crippen LogP contribution in [0.1, 0.15) is 38.9 Å². The van der Waals surface area contributed by atoms with Gasteiger partial charge in [0.15, 0.2) is 5.96 Å². The number of para-hydroxylation sites is 2. The van der Waals surface area contributed by atoms with Crippen LogP contribution in [0.5, 0.6) is 0 Å². The number of halogens is 1. The van der Waals surface area contributed by atoms with E-state index in [1.165, 1.54) is 12.8 Å². The van der Waals surface area contributed by atoms with E-state index >= 15 is 0 Å². The van der Waals surface area contributed by atoms with Crippen molar-refractivity contribution in [1.29, 1.82) is 0 Å². The number of rotatable bonds is 8. The molecule has 1 aromatic heterocycles. The van der Waals surface area contributed by atoms with Crippen LogP contribution in [0.15, 0.2) is 29.3 Å². The van der Waals surface area contributed by atoms with Gasteiger partial charge in [0.25, 0.3) is 0 Å². The van der Waals surface area contributed by atoms with E-state index in [9.17, 15) is 0 Å². The van der Waals surface area contributed by atoms with Crippen molar-refractivity contribution in [3.8, 4) is 0 Å². The zero-order chi connectivity index (χ0) is 16.5. The molecule has 0 saturated carbocycles. The Labute approximate surface area is 162 Å². The van der Waals surface area contributed by atoms with Gasteiger partial charge in [0.05, 0.1) is 11.0 Å². The maximum Gasteiger partial charge on any atom is 0.193 e. The Morgan fingerprint density at radius 1 is 1.25 bits per heavy atom. The zero-order valence-corrected chi connectivity index (χ0v) is 17.3. The van der Waals surface area contributed by atoms with Gasteiger partial charge in [-0.1, -0.05) is 25.5 Å². The minimum atomic E-state index is 0. The van der Waals surface area contributed by atoms with Crippen molar-refractivity contribution in [3.05, 3.63) is 30.1 Å². The molecule has 2 N–H and O–H groups in total. The van der Waals surface area contributed by atoms with Gasteiger partial charge in [0.2, 0.25) is 0 Å². The number of imidazole rings is 1. The molecule has 0 fully saturated rings. The zero-order valence-electron chi connectivity index (χ0n) is 15.0. The number of H-pyrrole nitrogens is 1. The second-order valence-corrected chi connectivity index (χ2v) is 5.81. The molecule has 0 radical (unpaired) electrons. The smallest absolute Gasteiger partial charge is 0.193 e. The van der Waals surface area contributed by atoms with Crippen molar-refractivity contribution in [1.82, 2.24) is 20.2 Å². The first kappa shape index (κ1) is 20.7. The van der Waals surface area contributed by atoms with Crippen molar-refractivity contribution in [2.45, 2.75) is 39.5 Å². The summed E-state index contributed by atoms with van der Waals surface area (Å²) in [7, 11) is 2.11. The van der Waals surface area contributed by atoms with E-state index < -0.39 is 0 Å². The fourth-order valence-electron chi connectivity index (χ4n) is 2.53. The molecule has 24 heavy (non-hydrogen) atoms. The molecule has 0 aliphatic heterocycles. The fraction of sp³-hybridized carbons (Fsp3) is 0.556. The van der Waals surface area contributed by atoms with E-state index in [0.717, 1.165) is 55.3 Å². The quantitative estimate of drug-likeness (QED) is 0.282. The summed E-state index contributed by atoms with van der Waals surface area (Å²) >= 11 is 0. The van der Waals surface area contributed by atoms with Crippen LogP contribution < -0.4 is 5.32 Å². The van der Waals surface area contributed by atoms with E-state index in [0.29, 0.717) is 0 Å². The SMILES string of the molecule is CCCCN(C)C(=NCCCc1nc2ccccc2[nH]1)NCC.I.